The van der Waals surface area contributed by atoms with E-state index in [0.717, 1.165) is 5.56 Å². The molecule has 3 rings (SSSR count). The SMILES string of the molecule is Cc1cc(CNC(=O)NCC2COc3ccccc3O2)ccc1F. The molecule has 6 heteroatoms. The van der Waals surface area contributed by atoms with Crippen molar-refractivity contribution in [3.05, 3.63) is 59.4 Å². The van der Waals surface area contributed by atoms with E-state index in [9.17, 15) is 9.18 Å². The molecule has 1 unspecified atom stereocenters. The number of hydrogen-bond donors (Lipinski definition) is 2. The molecule has 1 atom stereocenters. The first-order chi connectivity index (χ1) is 11.6. The highest BCUT2D eigenvalue weighted by Crippen LogP contribution is 2.30. The van der Waals surface area contributed by atoms with E-state index < -0.39 is 0 Å². The van der Waals surface area contributed by atoms with Crippen LogP contribution >= 0.6 is 0 Å². The first-order valence-electron chi connectivity index (χ1n) is 7.77. The van der Waals surface area contributed by atoms with Crippen LogP contribution in [0.4, 0.5) is 9.18 Å². The maximum Gasteiger partial charge on any atom is 0.315 e. The second kappa shape index (κ2) is 7.21. The van der Waals surface area contributed by atoms with Gasteiger partial charge in [0, 0.05) is 6.54 Å². The Labute approximate surface area is 139 Å². The molecule has 1 aliphatic rings. The van der Waals surface area contributed by atoms with Crippen molar-refractivity contribution in [2.75, 3.05) is 13.2 Å². The van der Waals surface area contributed by atoms with Gasteiger partial charge in [-0.25, -0.2) is 9.18 Å². The van der Waals surface area contributed by atoms with Crippen LogP contribution in [0.2, 0.25) is 0 Å². The lowest BCUT2D eigenvalue weighted by atomic mass is 10.1. The third-order valence-corrected chi connectivity index (χ3v) is 3.73. The maximum atomic E-state index is 13.2. The zero-order valence-corrected chi connectivity index (χ0v) is 13.3. The third-order valence-electron chi connectivity index (χ3n) is 3.73. The summed E-state index contributed by atoms with van der Waals surface area (Å²) in [5, 5.41) is 5.49. The molecule has 0 spiro atoms. The van der Waals surface area contributed by atoms with Gasteiger partial charge in [-0.3, -0.25) is 0 Å². The molecule has 5 nitrogen and oxygen atoms in total. The monoisotopic (exact) mass is 330 g/mol. The molecule has 1 heterocycles. The highest BCUT2D eigenvalue weighted by molar-refractivity contribution is 5.73. The number of fused-ring (bicyclic) bond motifs is 1. The van der Waals surface area contributed by atoms with Crippen molar-refractivity contribution in [3.8, 4) is 11.5 Å². The predicted molar refractivity (Wildman–Crippen MR) is 87.7 cm³/mol. The largest absolute Gasteiger partial charge is 0.486 e. The van der Waals surface area contributed by atoms with Crippen LogP contribution in [0.25, 0.3) is 0 Å². The quantitative estimate of drug-likeness (QED) is 0.906. The number of ether oxygens (including phenoxy) is 2. The Bertz CT molecular complexity index is 736. The number of benzene rings is 2. The fourth-order valence-electron chi connectivity index (χ4n) is 2.43. The number of halogens is 1. The Morgan fingerprint density at radius 2 is 2.00 bits per heavy atom. The molecule has 2 N–H and O–H groups in total. The van der Waals surface area contributed by atoms with Crippen LogP contribution in [0.3, 0.4) is 0 Å². The Morgan fingerprint density at radius 3 is 2.79 bits per heavy atom. The molecule has 0 radical (unpaired) electrons. The van der Waals surface area contributed by atoms with Crippen molar-refractivity contribution in [2.45, 2.75) is 19.6 Å². The number of nitrogens with one attached hydrogen (secondary N) is 2. The number of rotatable bonds is 4. The van der Waals surface area contributed by atoms with Crippen LogP contribution in [0.5, 0.6) is 11.5 Å². The fourth-order valence-corrected chi connectivity index (χ4v) is 2.43. The lowest BCUT2D eigenvalue weighted by molar-refractivity contribution is 0.0918. The van der Waals surface area contributed by atoms with E-state index >= 15 is 0 Å². The lowest BCUT2D eigenvalue weighted by Gasteiger charge is -2.26. The molecule has 2 aromatic carbocycles. The first kappa shape index (κ1) is 16.1. The maximum absolute atomic E-state index is 13.2. The van der Waals surface area contributed by atoms with Crippen LogP contribution in [0.1, 0.15) is 11.1 Å². The fraction of sp³-hybridized carbons (Fsp3) is 0.278. The van der Waals surface area contributed by atoms with E-state index in [1.54, 1.807) is 19.1 Å². The predicted octanol–water partition coefficient (Wildman–Crippen LogP) is 2.77. The van der Waals surface area contributed by atoms with Gasteiger partial charge in [0.1, 0.15) is 12.4 Å². The van der Waals surface area contributed by atoms with Crippen LogP contribution in [0, 0.1) is 12.7 Å². The zero-order chi connectivity index (χ0) is 16.9. The van der Waals surface area contributed by atoms with Gasteiger partial charge < -0.3 is 20.1 Å². The Morgan fingerprint density at radius 1 is 1.21 bits per heavy atom. The van der Waals surface area contributed by atoms with Crippen molar-refractivity contribution in [1.29, 1.82) is 0 Å². The second-order valence-corrected chi connectivity index (χ2v) is 5.64. The molecular weight excluding hydrogens is 311 g/mol. The van der Waals surface area contributed by atoms with Gasteiger partial charge in [-0.2, -0.15) is 0 Å². The summed E-state index contributed by atoms with van der Waals surface area (Å²) in [5.41, 5.74) is 1.40. The number of carbonyl (C=O) groups is 1. The summed E-state index contributed by atoms with van der Waals surface area (Å²) in [6.45, 7) is 2.74. The van der Waals surface area contributed by atoms with E-state index in [1.807, 2.05) is 24.3 Å². The zero-order valence-electron chi connectivity index (χ0n) is 13.3. The third kappa shape index (κ3) is 3.95. The van der Waals surface area contributed by atoms with Crippen molar-refractivity contribution in [3.63, 3.8) is 0 Å². The molecule has 0 aromatic heterocycles. The smallest absolute Gasteiger partial charge is 0.315 e. The molecule has 0 aliphatic carbocycles. The van der Waals surface area contributed by atoms with Gasteiger partial charge in [0.2, 0.25) is 0 Å². The topological polar surface area (TPSA) is 59.6 Å². The summed E-state index contributed by atoms with van der Waals surface area (Å²) < 4.78 is 24.6. The lowest BCUT2D eigenvalue weighted by Crippen LogP contribution is -2.44. The van der Waals surface area contributed by atoms with Gasteiger partial charge in [0.15, 0.2) is 17.6 Å². The van der Waals surface area contributed by atoms with Gasteiger partial charge in [-0.15, -0.1) is 0 Å². The minimum Gasteiger partial charge on any atom is -0.486 e. The molecule has 0 fully saturated rings. The van der Waals surface area contributed by atoms with E-state index in [1.165, 1.54) is 6.07 Å². The molecule has 2 amide bonds. The van der Waals surface area contributed by atoms with Crippen LogP contribution in [0.15, 0.2) is 42.5 Å². The molecular formula is C18H19FN2O3. The van der Waals surface area contributed by atoms with E-state index in [0.29, 0.717) is 36.8 Å². The molecule has 0 saturated carbocycles. The Kier molecular flexibility index (Phi) is 4.84. The number of amides is 2. The Hall–Kier alpha value is -2.76. The van der Waals surface area contributed by atoms with Gasteiger partial charge in [0.25, 0.3) is 0 Å². The van der Waals surface area contributed by atoms with Gasteiger partial charge in [-0.05, 0) is 36.2 Å². The average molecular weight is 330 g/mol. The minimum atomic E-state index is -0.306. The second-order valence-electron chi connectivity index (χ2n) is 5.64. The average Bonchev–Trinajstić information content (AvgIpc) is 2.60. The standard InChI is InChI=1S/C18H19FN2O3/c1-12-8-13(6-7-15(12)19)9-20-18(22)21-10-14-11-23-16-4-2-3-5-17(16)24-14/h2-8,14H,9-11H2,1H3,(H2,20,21,22). The minimum absolute atomic E-state index is 0.237. The van der Waals surface area contributed by atoms with E-state index in [-0.39, 0.29) is 18.0 Å². The number of aryl methyl sites for hydroxylation is 1. The molecule has 24 heavy (non-hydrogen) atoms. The first-order valence-corrected chi connectivity index (χ1v) is 7.77. The summed E-state index contributed by atoms with van der Waals surface area (Å²) >= 11 is 0. The van der Waals surface area contributed by atoms with Crippen molar-refractivity contribution in [1.82, 2.24) is 10.6 Å². The van der Waals surface area contributed by atoms with Gasteiger partial charge in [-0.1, -0.05) is 24.3 Å². The molecule has 0 bridgehead atoms. The summed E-state index contributed by atoms with van der Waals surface area (Å²) in [4.78, 5) is 11.9. The van der Waals surface area contributed by atoms with E-state index in [2.05, 4.69) is 10.6 Å². The van der Waals surface area contributed by atoms with Gasteiger partial charge >= 0.3 is 6.03 Å². The number of para-hydroxylation sites is 2. The highest BCUT2D eigenvalue weighted by atomic mass is 19.1. The van der Waals surface area contributed by atoms with Crippen molar-refractivity contribution < 1.29 is 18.7 Å². The van der Waals surface area contributed by atoms with Crippen LogP contribution in [-0.2, 0) is 6.54 Å². The van der Waals surface area contributed by atoms with Gasteiger partial charge in [0.05, 0.1) is 6.54 Å². The molecule has 126 valence electrons. The molecule has 1 aliphatic heterocycles. The normalized spacial score (nSPS) is 15.7. The van der Waals surface area contributed by atoms with Crippen LogP contribution < -0.4 is 20.1 Å². The summed E-state index contributed by atoms with van der Waals surface area (Å²) in [6.07, 6.45) is -0.237. The number of carbonyl (C=O) groups excluding carboxylic acids is 1. The van der Waals surface area contributed by atoms with Crippen molar-refractivity contribution >= 4 is 6.03 Å². The highest BCUT2D eigenvalue weighted by Gasteiger charge is 2.20. The van der Waals surface area contributed by atoms with Crippen molar-refractivity contribution in [2.24, 2.45) is 0 Å². The Balaban J connectivity index is 1.44. The van der Waals surface area contributed by atoms with Crippen LogP contribution in [-0.4, -0.2) is 25.3 Å². The molecule has 2 aromatic rings. The molecule has 0 saturated heterocycles. The number of urea groups is 1. The summed E-state index contributed by atoms with van der Waals surface area (Å²) in [6, 6.07) is 11.9. The summed E-state index contributed by atoms with van der Waals surface area (Å²) in [5.74, 6) is 1.14. The number of hydrogen-bond acceptors (Lipinski definition) is 3. The summed E-state index contributed by atoms with van der Waals surface area (Å²) in [7, 11) is 0. The van der Waals surface area contributed by atoms with E-state index in [4.69, 9.17) is 9.47 Å².